The van der Waals surface area contributed by atoms with E-state index in [2.05, 4.69) is 0 Å². The Morgan fingerprint density at radius 1 is 1.33 bits per heavy atom. The van der Waals surface area contributed by atoms with Crippen LogP contribution in [-0.2, 0) is 9.53 Å². The molecule has 0 aromatic carbocycles. The van der Waals surface area contributed by atoms with Gasteiger partial charge in [-0.3, -0.25) is 4.79 Å². The van der Waals surface area contributed by atoms with Gasteiger partial charge in [0.1, 0.15) is 11.4 Å². The van der Waals surface area contributed by atoms with Gasteiger partial charge < -0.3 is 9.64 Å². The van der Waals surface area contributed by atoms with Crippen molar-refractivity contribution in [2.75, 3.05) is 13.1 Å². The summed E-state index contributed by atoms with van der Waals surface area (Å²) < 4.78 is 5.38. The third-order valence-corrected chi connectivity index (χ3v) is 3.82. The van der Waals surface area contributed by atoms with Crippen LogP contribution < -0.4 is 0 Å². The van der Waals surface area contributed by atoms with Crippen LogP contribution in [0.2, 0.25) is 0 Å². The molecule has 4 heteroatoms. The summed E-state index contributed by atoms with van der Waals surface area (Å²) in [5.41, 5.74) is -0.401. The molecule has 102 valence electrons. The van der Waals surface area contributed by atoms with Crippen molar-refractivity contribution in [2.24, 2.45) is 5.41 Å². The summed E-state index contributed by atoms with van der Waals surface area (Å²) in [5.74, 6) is 0.354. The molecule has 0 radical (unpaired) electrons. The molecular weight excluding hydrogens is 230 g/mol. The first-order valence-corrected chi connectivity index (χ1v) is 6.79. The topological polar surface area (TPSA) is 46.6 Å². The number of nitrogens with zero attached hydrogens (tertiary/aromatic N) is 1. The van der Waals surface area contributed by atoms with Gasteiger partial charge >= 0.3 is 6.09 Å². The number of carbonyl (C=O) groups excluding carboxylic acids is 2. The molecule has 2 aliphatic rings. The van der Waals surface area contributed by atoms with Crippen LogP contribution in [0.5, 0.6) is 0 Å². The molecule has 1 spiro atoms. The minimum absolute atomic E-state index is 0.0479. The van der Waals surface area contributed by atoms with Crippen molar-refractivity contribution in [2.45, 2.75) is 58.5 Å². The lowest BCUT2D eigenvalue weighted by atomic mass is 9.73. The molecule has 1 saturated carbocycles. The molecule has 1 aliphatic heterocycles. The first-order valence-electron chi connectivity index (χ1n) is 6.79. The van der Waals surface area contributed by atoms with Crippen molar-refractivity contribution in [3.05, 3.63) is 0 Å². The number of hydrogen-bond acceptors (Lipinski definition) is 3. The van der Waals surface area contributed by atoms with E-state index in [1.807, 2.05) is 20.8 Å². The highest BCUT2D eigenvalue weighted by molar-refractivity contribution is 5.80. The summed E-state index contributed by atoms with van der Waals surface area (Å²) >= 11 is 0. The molecule has 0 aromatic heterocycles. The third kappa shape index (κ3) is 3.03. The second-order valence-corrected chi connectivity index (χ2v) is 6.72. The van der Waals surface area contributed by atoms with Crippen molar-refractivity contribution >= 4 is 11.9 Å². The van der Waals surface area contributed by atoms with Gasteiger partial charge in [0.2, 0.25) is 0 Å². The van der Waals surface area contributed by atoms with Crippen molar-refractivity contribution in [3.63, 3.8) is 0 Å². The lowest BCUT2D eigenvalue weighted by Crippen LogP contribution is -2.38. The molecule has 1 amide bonds. The molecule has 2 rings (SSSR count). The molecule has 0 aromatic rings. The zero-order valence-electron chi connectivity index (χ0n) is 11.6. The molecule has 1 atom stereocenters. The maximum atomic E-state index is 12.0. The van der Waals surface area contributed by atoms with Crippen LogP contribution in [0.3, 0.4) is 0 Å². The predicted octanol–water partition coefficient (Wildman–Crippen LogP) is 2.76. The number of amides is 1. The number of rotatable bonds is 0. The zero-order chi connectivity index (χ0) is 13.4. The summed E-state index contributed by atoms with van der Waals surface area (Å²) in [4.78, 5) is 25.3. The zero-order valence-corrected chi connectivity index (χ0v) is 11.6. The van der Waals surface area contributed by atoms with E-state index in [1.165, 1.54) is 0 Å². The third-order valence-electron chi connectivity index (χ3n) is 3.82. The molecule has 1 heterocycles. The summed E-state index contributed by atoms with van der Waals surface area (Å²) in [5, 5.41) is 0. The van der Waals surface area contributed by atoms with Gasteiger partial charge in [-0.1, -0.05) is 0 Å². The number of Topliss-reactive ketones (excluding diaryl/α,β-unsaturated/α-hetero) is 1. The molecule has 0 bridgehead atoms. The number of ketones is 1. The summed E-state index contributed by atoms with van der Waals surface area (Å²) in [6.07, 6.45) is 4.11. The molecule has 18 heavy (non-hydrogen) atoms. The monoisotopic (exact) mass is 253 g/mol. The number of likely N-dealkylation sites (tertiary alicyclic amines) is 1. The van der Waals surface area contributed by atoms with Gasteiger partial charge in [-0.05, 0) is 45.4 Å². The number of carbonyl (C=O) groups is 2. The highest BCUT2D eigenvalue weighted by Gasteiger charge is 2.43. The van der Waals surface area contributed by atoms with Crippen molar-refractivity contribution < 1.29 is 14.3 Å². The fraction of sp³-hybridized carbons (Fsp3) is 0.857. The average molecular weight is 253 g/mol. The first-order chi connectivity index (χ1) is 8.30. The van der Waals surface area contributed by atoms with Crippen LogP contribution >= 0.6 is 0 Å². The van der Waals surface area contributed by atoms with Crippen molar-refractivity contribution in [1.82, 2.24) is 4.90 Å². The quantitative estimate of drug-likeness (QED) is 0.667. The first kappa shape index (κ1) is 13.4. The van der Waals surface area contributed by atoms with Crippen LogP contribution in [0, 0.1) is 5.41 Å². The Morgan fingerprint density at radius 2 is 2.06 bits per heavy atom. The highest BCUT2D eigenvalue weighted by Crippen LogP contribution is 2.42. The minimum Gasteiger partial charge on any atom is -0.444 e. The van der Waals surface area contributed by atoms with Gasteiger partial charge in [0.25, 0.3) is 0 Å². The Bertz CT molecular complexity index is 359. The lowest BCUT2D eigenvalue weighted by molar-refractivity contribution is -0.123. The lowest BCUT2D eigenvalue weighted by Gasteiger charge is -2.32. The van der Waals surface area contributed by atoms with E-state index in [0.717, 1.165) is 25.8 Å². The fourth-order valence-electron chi connectivity index (χ4n) is 3.02. The smallest absolute Gasteiger partial charge is 0.410 e. The summed E-state index contributed by atoms with van der Waals surface area (Å²) in [6, 6.07) is 0. The molecule has 1 aliphatic carbocycles. The van der Waals surface area contributed by atoms with Gasteiger partial charge in [0, 0.05) is 25.9 Å². The SMILES string of the molecule is CC(C)(C)OC(=O)N1CCC2(CCCC(=O)C2)C1. The maximum absolute atomic E-state index is 12.0. The Hall–Kier alpha value is -1.06. The van der Waals surface area contributed by atoms with E-state index in [4.69, 9.17) is 4.74 Å². The predicted molar refractivity (Wildman–Crippen MR) is 68.3 cm³/mol. The molecule has 4 nitrogen and oxygen atoms in total. The van der Waals surface area contributed by atoms with Crippen molar-refractivity contribution in [1.29, 1.82) is 0 Å². The van der Waals surface area contributed by atoms with E-state index >= 15 is 0 Å². The van der Waals surface area contributed by atoms with Crippen molar-refractivity contribution in [3.8, 4) is 0 Å². The molecular formula is C14H23NO3. The standard InChI is InChI=1S/C14H23NO3/c1-13(2,3)18-12(17)15-8-7-14(10-15)6-4-5-11(16)9-14/h4-10H2,1-3H3. The maximum Gasteiger partial charge on any atom is 0.410 e. The molecule has 2 fully saturated rings. The average Bonchev–Trinajstić information content (AvgIpc) is 2.59. The normalized spacial score (nSPS) is 28.8. The van der Waals surface area contributed by atoms with Gasteiger partial charge in [0.15, 0.2) is 0 Å². The van der Waals surface area contributed by atoms with Crippen LogP contribution in [0.15, 0.2) is 0 Å². The van der Waals surface area contributed by atoms with Gasteiger partial charge in [-0.25, -0.2) is 4.79 Å². The van der Waals surface area contributed by atoms with Gasteiger partial charge in [-0.2, -0.15) is 0 Å². The molecule has 1 unspecified atom stereocenters. The number of ether oxygens (including phenoxy) is 1. The summed E-state index contributed by atoms with van der Waals surface area (Å²) in [6.45, 7) is 7.04. The second-order valence-electron chi connectivity index (χ2n) is 6.72. The largest absolute Gasteiger partial charge is 0.444 e. The highest BCUT2D eigenvalue weighted by atomic mass is 16.6. The van der Waals surface area contributed by atoms with E-state index in [-0.39, 0.29) is 11.5 Å². The Balaban J connectivity index is 1.95. The van der Waals surface area contributed by atoms with Crippen LogP contribution in [0.4, 0.5) is 4.79 Å². The van der Waals surface area contributed by atoms with Gasteiger partial charge in [-0.15, -0.1) is 0 Å². The van der Waals surface area contributed by atoms with E-state index in [1.54, 1.807) is 4.90 Å². The van der Waals surface area contributed by atoms with E-state index in [0.29, 0.717) is 25.2 Å². The molecule has 1 saturated heterocycles. The van der Waals surface area contributed by atoms with E-state index < -0.39 is 5.60 Å². The minimum atomic E-state index is -0.449. The van der Waals surface area contributed by atoms with Crippen LogP contribution in [0.25, 0.3) is 0 Å². The van der Waals surface area contributed by atoms with E-state index in [9.17, 15) is 9.59 Å². The second kappa shape index (κ2) is 4.56. The summed E-state index contributed by atoms with van der Waals surface area (Å²) in [7, 11) is 0. The van der Waals surface area contributed by atoms with Gasteiger partial charge in [0.05, 0.1) is 0 Å². The number of hydrogen-bond donors (Lipinski definition) is 0. The Kier molecular flexibility index (Phi) is 3.39. The van der Waals surface area contributed by atoms with Crippen LogP contribution in [-0.4, -0.2) is 35.5 Å². The fourth-order valence-corrected chi connectivity index (χ4v) is 3.02. The molecule has 0 N–H and O–H groups in total. The van der Waals surface area contributed by atoms with Crippen LogP contribution in [0.1, 0.15) is 52.9 Å². The Morgan fingerprint density at radius 3 is 2.67 bits per heavy atom. The Labute approximate surface area is 109 Å².